The molecule has 1 rings (SSSR count). The van der Waals surface area contributed by atoms with E-state index >= 15 is 0 Å². The second-order valence-electron chi connectivity index (χ2n) is 4.23. The second-order valence-corrected chi connectivity index (χ2v) is 4.85. The molecule has 2 heteroatoms. The first-order valence-corrected chi connectivity index (χ1v) is 6.08. The maximum absolute atomic E-state index is 6.24. The van der Waals surface area contributed by atoms with Crippen LogP contribution in [0, 0.1) is 0 Å². The van der Waals surface area contributed by atoms with Gasteiger partial charge in [0.2, 0.25) is 0 Å². The van der Waals surface area contributed by atoms with Gasteiger partial charge in [0.05, 0.1) is 0 Å². The summed E-state index contributed by atoms with van der Waals surface area (Å²) in [5, 5.41) is 0.211. The fourth-order valence-electron chi connectivity index (χ4n) is 1.59. The Balaban J connectivity index is 2.51. The summed E-state index contributed by atoms with van der Waals surface area (Å²) in [5.41, 5.74) is 2.52. The van der Waals surface area contributed by atoms with Gasteiger partial charge in [-0.05, 0) is 37.0 Å². The molecule has 1 unspecified atom stereocenters. The summed E-state index contributed by atoms with van der Waals surface area (Å²) >= 11 is 6.24. The predicted octanol–water partition coefficient (Wildman–Crippen LogP) is 3.87. The van der Waals surface area contributed by atoms with Crippen LogP contribution < -0.4 is 4.90 Å². The molecule has 1 atom stereocenters. The molecule has 0 aliphatic heterocycles. The Morgan fingerprint density at radius 2 is 1.94 bits per heavy atom. The summed E-state index contributed by atoms with van der Waals surface area (Å²) in [7, 11) is 4.09. The van der Waals surface area contributed by atoms with Gasteiger partial charge in [0.15, 0.2) is 0 Å². The third-order valence-corrected chi connectivity index (χ3v) is 2.97. The highest BCUT2D eigenvalue weighted by Gasteiger charge is 2.05. The van der Waals surface area contributed by atoms with E-state index in [1.807, 2.05) is 20.2 Å². The van der Waals surface area contributed by atoms with Crippen LogP contribution in [0.5, 0.6) is 0 Å². The van der Waals surface area contributed by atoms with E-state index in [1.165, 1.54) is 11.3 Å². The smallest absolute Gasteiger partial charge is 0.0379 e. The van der Waals surface area contributed by atoms with Gasteiger partial charge >= 0.3 is 0 Å². The highest BCUT2D eigenvalue weighted by atomic mass is 35.5. The van der Waals surface area contributed by atoms with Crippen molar-refractivity contribution < 1.29 is 0 Å². The van der Waals surface area contributed by atoms with Gasteiger partial charge in [0.25, 0.3) is 0 Å². The van der Waals surface area contributed by atoms with Crippen LogP contribution in [0.4, 0.5) is 5.69 Å². The number of alkyl halides is 1. The van der Waals surface area contributed by atoms with E-state index in [-0.39, 0.29) is 5.38 Å². The molecule has 0 aliphatic rings. The van der Waals surface area contributed by atoms with Crippen LogP contribution in [0.1, 0.15) is 18.4 Å². The van der Waals surface area contributed by atoms with Crippen molar-refractivity contribution in [3.05, 3.63) is 42.5 Å². The topological polar surface area (TPSA) is 3.24 Å². The van der Waals surface area contributed by atoms with Gasteiger partial charge in [-0.1, -0.05) is 18.2 Å². The van der Waals surface area contributed by atoms with Crippen molar-refractivity contribution in [2.24, 2.45) is 0 Å². The number of nitrogens with zero attached hydrogens (tertiary/aromatic N) is 1. The molecule has 16 heavy (non-hydrogen) atoms. The summed E-state index contributed by atoms with van der Waals surface area (Å²) in [6, 6.07) is 8.57. The minimum atomic E-state index is 0.211. The Morgan fingerprint density at radius 1 is 1.31 bits per heavy atom. The molecule has 1 aromatic carbocycles. The molecule has 0 amide bonds. The fourth-order valence-corrected chi connectivity index (χ4v) is 1.89. The molecule has 0 aliphatic carbocycles. The molecular formula is C14H20ClN. The summed E-state index contributed by atoms with van der Waals surface area (Å²) in [5.74, 6) is 0. The average Bonchev–Trinajstić information content (AvgIpc) is 2.27. The number of allylic oxidation sites excluding steroid dienone is 1. The van der Waals surface area contributed by atoms with Crippen molar-refractivity contribution in [2.75, 3.05) is 19.0 Å². The number of hydrogen-bond acceptors (Lipinski definition) is 1. The lowest BCUT2D eigenvalue weighted by molar-refractivity contribution is 0.758. The minimum absolute atomic E-state index is 0.211. The van der Waals surface area contributed by atoms with E-state index in [2.05, 4.69) is 35.7 Å². The monoisotopic (exact) mass is 237 g/mol. The quantitative estimate of drug-likeness (QED) is 0.536. The van der Waals surface area contributed by atoms with Crippen LogP contribution in [0.2, 0.25) is 0 Å². The van der Waals surface area contributed by atoms with Crippen molar-refractivity contribution in [2.45, 2.75) is 24.6 Å². The third kappa shape index (κ3) is 4.28. The summed E-state index contributed by atoms with van der Waals surface area (Å²) in [6.07, 6.45) is 4.85. The molecule has 0 spiro atoms. The minimum Gasteiger partial charge on any atom is -0.378 e. The van der Waals surface area contributed by atoms with Crippen molar-refractivity contribution in [1.82, 2.24) is 0 Å². The zero-order valence-corrected chi connectivity index (χ0v) is 10.9. The number of benzene rings is 1. The Bertz CT molecular complexity index is 316. The highest BCUT2D eigenvalue weighted by Crippen LogP contribution is 2.17. The van der Waals surface area contributed by atoms with E-state index in [0.717, 1.165) is 19.3 Å². The van der Waals surface area contributed by atoms with Crippen molar-refractivity contribution in [1.29, 1.82) is 0 Å². The molecule has 1 aromatic rings. The molecule has 0 aromatic heterocycles. The van der Waals surface area contributed by atoms with Crippen LogP contribution in [-0.2, 0) is 6.42 Å². The Morgan fingerprint density at radius 3 is 2.44 bits per heavy atom. The van der Waals surface area contributed by atoms with Gasteiger partial charge in [-0.25, -0.2) is 0 Å². The molecular weight excluding hydrogens is 218 g/mol. The normalized spacial score (nSPS) is 12.2. The Hall–Kier alpha value is -0.950. The molecule has 0 heterocycles. The van der Waals surface area contributed by atoms with E-state index in [0.29, 0.717) is 0 Å². The van der Waals surface area contributed by atoms with E-state index in [4.69, 9.17) is 11.6 Å². The standard InChI is InChI=1S/C14H20ClN/c1-4-5-6-13(15)11-12-7-9-14(10-8-12)16(2)3/h4,7-10,13H,1,5-6,11H2,2-3H3. The van der Waals surface area contributed by atoms with E-state index in [9.17, 15) is 0 Å². The van der Waals surface area contributed by atoms with Crippen LogP contribution >= 0.6 is 11.6 Å². The summed E-state index contributed by atoms with van der Waals surface area (Å²) in [6.45, 7) is 3.71. The Kier molecular flexibility index (Phi) is 5.41. The average molecular weight is 238 g/mol. The molecule has 1 nitrogen and oxygen atoms in total. The largest absolute Gasteiger partial charge is 0.378 e. The zero-order chi connectivity index (χ0) is 12.0. The van der Waals surface area contributed by atoms with Crippen molar-refractivity contribution >= 4 is 17.3 Å². The maximum Gasteiger partial charge on any atom is 0.0379 e. The van der Waals surface area contributed by atoms with Gasteiger partial charge in [-0.15, -0.1) is 18.2 Å². The number of anilines is 1. The van der Waals surface area contributed by atoms with Crippen LogP contribution in [0.3, 0.4) is 0 Å². The van der Waals surface area contributed by atoms with Gasteiger partial charge in [-0.3, -0.25) is 0 Å². The number of rotatable bonds is 6. The predicted molar refractivity (Wildman–Crippen MR) is 73.5 cm³/mol. The molecule has 0 N–H and O–H groups in total. The van der Waals surface area contributed by atoms with Crippen molar-refractivity contribution in [3.63, 3.8) is 0 Å². The fraction of sp³-hybridized carbons (Fsp3) is 0.429. The first-order chi connectivity index (χ1) is 7.63. The van der Waals surface area contributed by atoms with Gasteiger partial charge in [0.1, 0.15) is 0 Å². The molecule has 0 radical (unpaired) electrons. The maximum atomic E-state index is 6.24. The van der Waals surface area contributed by atoms with Crippen LogP contribution in [-0.4, -0.2) is 19.5 Å². The number of hydrogen-bond donors (Lipinski definition) is 0. The molecule has 0 saturated heterocycles. The van der Waals surface area contributed by atoms with E-state index in [1.54, 1.807) is 0 Å². The van der Waals surface area contributed by atoms with Crippen LogP contribution in [0.15, 0.2) is 36.9 Å². The van der Waals surface area contributed by atoms with Crippen molar-refractivity contribution in [3.8, 4) is 0 Å². The SMILES string of the molecule is C=CCCC(Cl)Cc1ccc(N(C)C)cc1. The third-order valence-electron chi connectivity index (χ3n) is 2.59. The number of halogens is 1. The summed E-state index contributed by atoms with van der Waals surface area (Å²) < 4.78 is 0. The highest BCUT2D eigenvalue weighted by molar-refractivity contribution is 6.20. The van der Waals surface area contributed by atoms with Gasteiger partial charge < -0.3 is 4.90 Å². The molecule has 0 fully saturated rings. The second kappa shape index (κ2) is 6.59. The lowest BCUT2D eigenvalue weighted by atomic mass is 10.1. The van der Waals surface area contributed by atoms with E-state index < -0.39 is 0 Å². The molecule has 0 saturated carbocycles. The first kappa shape index (κ1) is 13.1. The molecule has 0 bridgehead atoms. The lowest BCUT2D eigenvalue weighted by Crippen LogP contribution is -2.08. The van der Waals surface area contributed by atoms with Gasteiger partial charge in [0, 0.05) is 25.2 Å². The van der Waals surface area contributed by atoms with Crippen LogP contribution in [0.25, 0.3) is 0 Å². The zero-order valence-electron chi connectivity index (χ0n) is 10.1. The summed E-state index contributed by atoms with van der Waals surface area (Å²) in [4.78, 5) is 2.10. The van der Waals surface area contributed by atoms with Gasteiger partial charge in [-0.2, -0.15) is 0 Å². The molecule has 88 valence electrons. The lowest BCUT2D eigenvalue weighted by Gasteiger charge is -2.13. The first-order valence-electron chi connectivity index (χ1n) is 5.64. The Labute approximate surface area is 104 Å².